The average Bonchev–Trinajstić information content (AvgIpc) is 2.38. The fourth-order valence-electron chi connectivity index (χ4n) is 2.24. The third kappa shape index (κ3) is 11.9. The van der Waals surface area contributed by atoms with E-state index in [0.717, 1.165) is 12.8 Å². The van der Waals surface area contributed by atoms with Crippen molar-refractivity contribution in [3.63, 3.8) is 0 Å². The zero-order valence-electron chi connectivity index (χ0n) is 13.0. The van der Waals surface area contributed by atoms with Crippen LogP contribution in [0.15, 0.2) is 0 Å². The van der Waals surface area contributed by atoms with Crippen LogP contribution in [0.25, 0.3) is 0 Å². The quantitative estimate of drug-likeness (QED) is 0.149. The van der Waals surface area contributed by atoms with Crippen LogP contribution >= 0.6 is 0 Å². The largest absolute Gasteiger partial charge is 0.425 e. The summed E-state index contributed by atoms with van der Waals surface area (Å²) in [7, 11) is -7.96. The van der Waals surface area contributed by atoms with E-state index in [0.29, 0.717) is 38.5 Å². The molecule has 0 aliphatic heterocycles. The fourth-order valence-corrected chi connectivity index (χ4v) is 6.02. The smallest absolute Gasteiger partial charge is 0.270 e. The highest BCUT2D eigenvalue weighted by atomic mass is 28.4. The van der Waals surface area contributed by atoms with Gasteiger partial charge in [0.1, 0.15) is 0 Å². The van der Waals surface area contributed by atoms with Gasteiger partial charge in [-0.25, -0.2) is 0 Å². The maximum atomic E-state index is 13.5. The lowest BCUT2D eigenvalue weighted by Crippen LogP contribution is -2.22. The minimum absolute atomic E-state index is 0.0522. The Bertz CT molecular complexity index is 211. The molecular weight excluding hydrogens is 300 g/mol. The highest BCUT2D eigenvalue weighted by Gasteiger charge is 2.34. The summed E-state index contributed by atoms with van der Waals surface area (Å²) in [6.07, 6.45) is 5.29. The van der Waals surface area contributed by atoms with E-state index < -0.39 is 17.5 Å². The van der Waals surface area contributed by atoms with Crippen molar-refractivity contribution in [3.05, 3.63) is 0 Å². The van der Waals surface area contributed by atoms with Crippen LogP contribution in [-0.4, -0.2) is 17.5 Å². The molecule has 0 aliphatic rings. The molecule has 0 nitrogen and oxygen atoms in total. The molecule has 0 saturated heterocycles. The summed E-state index contributed by atoms with van der Waals surface area (Å²) in [6.45, 7) is 3.85. The molecular formula is C14H30F4Si2. The number of unbranched alkanes of at least 4 members (excludes halogenated alkanes) is 5. The van der Waals surface area contributed by atoms with Crippen molar-refractivity contribution < 1.29 is 16.4 Å². The molecule has 20 heavy (non-hydrogen) atoms. The Balaban J connectivity index is 3.57. The van der Waals surface area contributed by atoms with E-state index in [1.54, 1.807) is 0 Å². The summed E-state index contributed by atoms with van der Waals surface area (Å²) in [5, 5.41) is 0. The molecule has 0 radical (unpaired) electrons. The van der Waals surface area contributed by atoms with Crippen molar-refractivity contribution in [3.8, 4) is 0 Å². The predicted molar refractivity (Wildman–Crippen MR) is 83.5 cm³/mol. The summed E-state index contributed by atoms with van der Waals surface area (Å²) < 4.78 is 53.9. The van der Waals surface area contributed by atoms with Crippen LogP contribution in [0.5, 0.6) is 0 Å². The molecule has 0 amide bonds. The van der Waals surface area contributed by atoms with Gasteiger partial charge in [-0.05, 0) is 24.2 Å². The highest BCUT2D eigenvalue weighted by Crippen LogP contribution is 2.27. The first kappa shape index (κ1) is 20.2. The van der Waals surface area contributed by atoms with Crippen LogP contribution in [0.2, 0.25) is 24.2 Å². The second-order valence-corrected chi connectivity index (χ2v) is 11.3. The monoisotopic (exact) mass is 330 g/mol. The molecule has 0 heterocycles. The first-order valence-electron chi connectivity index (χ1n) is 8.08. The second kappa shape index (κ2) is 10.8. The van der Waals surface area contributed by atoms with Crippen LogP contribution < -0.4 is 0 Å². The molecule has 0 aromatic rings. The molecule has 0 spiro atoms. The average molecular weight is 331 g/mol. The van der Waals surface area contributed by atoms with E-state index in [-0.39, 0.29) is 24.2 Å². The molecule has 0 fully saturated rings. The zero-order chi connectivity index (χ0) is 15.5. The van der Waals surface area contributed by atoms with Gasteiger partial charge in [-0.1, -0.05) is 65.2 Å². The Labute approximate surface area is 124 Å². The minimum atomic E-state index is -3.98. The summed E-state index contributed by atoms with van der Waals surface area (Å²) >= 11 is 0. The van der Waals surface area contributed by atoms with Gasteiger partial charge in [-0.15, -0.1) is 0 Å². The number of halogens is 4. The molecule has 0 aromatic carbocycles. The zero-order valence-corrected chi connectivity index (χ0v) is 15.0. The van der Waals surface area contributed by atoms with E-state index in [4.69, 9.17) is 0 Å². The SMILES string of the molecule is CCCC[Si](F)(F)CCCCCC[Si](F)(F)CCCC. The van der Waals surface area contributed by atoms with E-state index in [9.17, 15) is 16.4 Å². The maximum Gasteiger partial charge on any atom is 0.425 e. The predicted octanol–water partition coefficient (Wildman–Crippen LogP) is 6.91. The minimum Gasteiger partial charge on any atom is -0.270 e. The van der Waals surface area contributed by atoms with Crippen molar-refractivity contribution >= 4 is 17.5 Å². The molecule has 0 unspecified atom stereocenters. The molecule has 6 heteroatoms. The molecule has 0 aromatic heterocycles. The molecule has 0 bridgehead atoms. The van der Waals surface area contributed by atoms with E-state index in [2.05, 4.69) is 0 Å². The van der Waals surface area contributed by atoms with Gasteiger partial charge in [0.15, 0.2) is 0 Å². The van der Waals surface area contributed by atoms with Crippen molar-refractivity contribution in [1.82, 2.24) is 0 Å². The van der Waals surface area contributed by atoms with Crippen LogP contribution in [0.1, 0.15) is 65.2 Å². The van der Waals surface area contributed by atoms with Gasteiger partial charge in [0.2, 0.25) is 0 Å². The fraction of sp³-hybridized carbons (Fsp3) is 1.00. The maximum absolute atomic E-state index is 13.5. The standard InChI is InChI=1S/C14H30F4Si2/c1-3-5-11-19(15,16)13-9-7-8-10-14-20(17,18)12-6-4-2/h3-14H2,1-2H3. The number of hydrogen-bond acceptors (Lipinski definition) is 0. The lowest BCUT2D eigenvalue weighted by Gasteiger charge is -2.13. The van der Waals surface area contributed by atoms with E-state index in [1.165, 1.54) is 0 Å². The Morgan fingerprint density at radius 1 is 0.500 bits per heavy atom. The van der Waals surface area contributed by atoms with Crippen LogP contribution in [0.3, 0.4) is 0 Å². The molecule has 0 rings (SSSR count). The first-order chi connectivity index (χ1) is 9.33. The molecule has 0 saturated carbocycles. The summed E-state index contributed by atoms with van der Waals surface area (Å²) in [4.78, 5) is 0. The normalized spacial score (nSPS) is 12.9. The molecule has 0 N–H and O–H groups in total. The number of rotatable bonds is 13. The van der Waals surface area contributed by atoms with Crippen LogP contribution in [0.4, 0.5) is 16.4 Å². The van der Waals surface area contributed by atoms with E-state index in [1.807, 2.05) is 13.8 Å². The van der Waals surface area contributed by atoms with Gasteiger partial charge in [0.05, 0.1) is 0 Å². The van der Waals surface area contributed by atoms with Gasteiger partial charge in [0.25, 0.3) is 0 Å². The van der Waals surface area contributed by atoms with Gasteiger partial charge < -0.3 is 0 Å². The Kier molecular flexibility index (Phi) is 10.9. The van der Waals surface area contributed by atoms with Crippen molar-refractivity contribution in [2.24, 2.45) is 0 Å². The van der Waals surface area contributed by atoms with Crippen LogP contribution in [-0.2, 0) is 0 Å². The van der Waals surface area contributed by atoms with Gasteiger partial charge in [-0.2, -0.15) is 0 Å². The Morgan fingerprint density at radius 3 is 1.10 bits per heavy atom. The van der Waals surface area contributed by atoms with Crippen molar-refractivity contribution in [1.29, 1.82) is 0 Å². The number of hydrogen-bond donors (Lipinski definition) is 0. The lowest BCUT2D eigenvalue weighted by molar-refractivity contribution is 0.543. The Morgan fingerprint density at radius 2 is 0.800 bits per heavy atom. The van der Waals surface area contributed by atoms with Gasteiger partial charge in [0, 0.05) is 0 Å². The highest BCUT2D eigenvalue weighted by molar-refractivity contribution is 6.66. The summed E-state index contributed by atoms with van der Waals surface area (Å²) in [6, 6.07) is 0.310. The van der Waals surface area contributed by atoms with Crippen molar-refractivity contribution in [2.45, 2.75) is 89.4 Å². The Hall–Kier alpha value is 0.154. The van der Waals surface area contributed by atoms with Gasteiger partial charge in [-0.3, -0.25) is 16.4 Å². The lowest BCUT2D eigenvalue weighted by atomic mass is 10.2. The molecule has 122 valence electrons. The second-order valence-electron chi connectivity index (χ2n) is 5.83. The molecule has 0 aliphatic carbocycles. The third-order valence-electron chi connectivity index (χ3n) is 3.63. The van der Waals surface area contributed by atoms with Crippen molar-refractivity contribution in [2.75, 3.05) is 0 Å². The molecule has 0 atom stereocenters. The topological polar surface area (TPSA) is 0 Å². The first-order valence-corrected chi connectivity index (χ1v) is 12.4. The van der Waals surface area contributed by atoms with Crippen LogP contribution in [0, 0.1) is 0 Å². The third-order valence-corrected chi connectivity index (χ3v) is 7.97. The van der Waals surface area contributed by atoms with E-state index >= 15 is 0 Å². The van der Waals surface area contributed by atoms with Gasteiger partial charge >= 0.3 is 17.5 Å². The summed E-state index contributed by atoms with van der Waals surface area (Å²) in [5.41, 5.74) is 0. The summed E-state index contributed by atoms with van der Waals surface area (Å²) in [5.74, 6) is 0.